The first-order valence-corrected chi connectivity index (χ1v) is 8.80. The maximum Gasteiger partial charge on any atom is 0.319 e. The number of methoxy groups -OCH3 is 3. The van der Waals surface area contributed by atoms with Gasteiger partial charge in [-0.25, -0.2) is 4.79 Å². The van der Waals surface area contributed by atoms with Crippen molar-refractivity contribution in [2.24, 2.45) is 0 Å². The van der Waals surface area contributed by atoms with Crippen molar-refractivity contribution < 1.29 is 28.8 Å². The third-order valence-electron chi connectivity index (χ3n) is 4.63. The molecule has 2 amide bonds. The van der Waals surface area contributed by atoms with Gasteiger partial charge in [-0.1, -0.05) is 18.2 Å². The fraction of sp³-hybridized carbons (Fsp3) is 0.350. The van der Waals surface area contributed by atoms with Crippen LogP contribution >= 0.6 is 0 Å². The number of carbonyl (C=O) groups excluding carboxylic acids is 1. The van der Waals surface area contributed by atoms with E-state index in [1.807, 2.05) is 12.1 Å². The van der Waals surface area contributed by atoms with Crippen LogP contribution in [0.5, 0.6) is 23.0 Å². The van der Waals surface area contributed by atoms with Gasteiger partial charge in [-0.2, -0.15) is 0 Å². The monoisotopic (exact) mass is 388 g/mol. The minimum atomic E-state index is -1.19. The van der Waals surface area contributed by atoms with E-state index in [1.54, 1.807) is 24.3 Å². The lowest BCUT2D eigenvalue weighted by Gasteiger charge is -2.34. The summed E-state index contributed by atoms with van der Waals surface area (Å²) >= 11 is 0. The second-order valence-corrected chi connectivity index (χ2v) is 6.35. The predicted molar refractivity (Wildman–Crippen MR) is 104 cm³/mol. The van der Waals surface area contributed by atoms with E-state index in [9.17, 15) is 9.90 Å². The van der Waals surface area contributed by atoms with E-state index >= 15 is 0 Å². The molecule has 1 heterocycles. The van der Waals surface area contributed by atoms with E-state index in [0.29, 0.717) is 47.3 Å². The van der Waals surface area contributed by atoms with Gasteiger partial charge in [0.15, 0.2) is 11.5 Å². The van der Waals surface area contributed by atoms with Crippen molar-refractivity contribution in [2.75, 3.05) is 39.8 Å². The first kappa shape index (κ1) is 19.6. The van der Waals surface area contributed by atoms with Crippen LogP contribution in [0.4, 0.5) is 10.5 Å². The summed E-state index contributed by atoms with van der Waals surface area (Å²) in [7, 11) is 4.51. The standard InChI is InChI=1S/C20H24N2O6/c1-25-16-10-13(11-17(26-2)18(16)27-3)22-19(23)21-12-20(24)8-9-28-15-7-5-4-6-14(15)20/h4-7,10-11,24H,8-9,12H2,1-3H3,(H2,21,22,23). The van der Waals surface area contributed by atoms with Crippen LogP contribution in [0.1, 0.15) is 12.0 Å². The molecule has 2 aromatic rings. The van der Waals surface area contributed by atoms with E-state index in [0.717, 1.165) is 0 Å². The summed E-state index contributed by atoms with van der Waals surface area (Å²) in [4.78, 5) is 12.4. The Balaban J connectivity index is 1.70. The van der Waals surface area contributed by atoms with Gasteiger partial charge in [0.25, 0.3) is 0 Å². The van der Waals surface area contributed by atoms with Crippen molar-refractivity contribution in [3.63, 3.8) is 0 Å². The van der Waals surface area contributed by atoms with E-state index < -0.39 is 11.6 Å². The van der Waals surface area contributed by atoms with Crippen LogP contribution in [0.2, 0.25) is 0 Å². The highest BCUT2D eigenvalue weighted by atomic mass is 16.5. The molecule has 0 aromatic heterocycles. The molecule has 0 aliphatic carbocycles. The number of ether oxygens (including phenoxy) is 4. The van der Waals surface area contributed by atoms with E-state index in [-0.39, 0.29) is 6.54 Å². The summed E-state index contributed by atoms with van der Waals surface area (Å²) in [5, 5.41) is 16.4. The lowest BCUT2D eigenvalue weighted by atomic mass is 9.88. The summed E-state index contributed by atoms with van der Waals surface area (Å²) in [6.07, 6.45) is 0.383. The number of anilines is 1. The molecule has 1 unspecified atom stereocenters. The zero-order chi connectivity index (χ0) is 20.1. The molecule has 0 spiro atoms. The number of fused-ring (bicyclic) bond motifs is 1. The zero-order valence-corrected chi connectivity index (χ0v) is 16.1. The number of aliphatic hydroxyl groups is 1. The topological polar surface area (TPSA) is 98.3 Å². The molecule has 0 fully saturated rings. The first-order valence-electron chi connectivity index (χ1n) is 8.80. The maximum absolute atomic E-state index is 12.4. The van der Waals surface area contributed by atoms with Gasteiger partial charge < -0.3 is 34.7 Å². The number of hydrogen-bond donors (Lipinski definition) is 3. The Morgan fingerprint density at radius 3 is 2.46 bits per heavy atom. The summed E-state index contributed by atoms with van der Waals surface area (Å²) in [5.41, 5.74) is -0.0673. The lowest BCUT2D eigenvalue weighted by molar-refractivity contribution is 0.000397. The van der Waals surface area contributed by atoms with E-state index in [2.05, 4.69) is 10.6 Å². The highest BCUT2D eigenvalue weighted by Gasteiger charge is 2.35. The Kier molecular flexibility index (Phi) is 5.79. The van der Waals surface area contributed by atoms with Crippen molar-refractivity contribution in [2.45, 2.75) is 12.0 Å². The molecule has 8 nitrogen and oxygen atoms in total. The van der Waals surface area contributed by atoms with Crippen LogP contribution in [0.3, 0.4) is 0 Å². The molecule has 0 saturated heterocycles. The maximum atomic E-state index is 12.4. The van der Waals surface area contributed by atoms with Gasteiger partial charge in [0, 0.05) is 24.1 Å². The van der Waals surface area contributed by atoms with Crippen molar-refractivity contribution >= 4 is 11.7 Å². The Bertz CT molecular complexity index is 831. The van der Waals surface area contributed by atoms with Gasteiger partial charge >= 0.3 is 6.03 Å². The smallest absolute Gasteiger partial charge is 0.319 e. The van der Waals surface area contributed by atoms with Gasteiger partial charge in [-0.05, 0) is 6.07 Å². The highest BCUT2D eigenvalue weighted by molar-refractivity contribution is 5.90. The Hall–Kier alpha value is -3.13. The van der Waals surface area contributed by atoms with Crippen LogP contribution in [0.25, 0.3) is 0 Å². The molecule has 2 aromatic carbocycles. The second-order valence-electron chi connectivity index (χ2n) is 6.35. The molecular weight excluding hydrogens is 364 g/mol. The average molecular weight is 388 g/mol. The molecule has 1 aliphatic rings. The molecule has 3 N–H and O–H groups in total. The number of nitrogens with one attached hydrogen (secondary N) is 2. The van der Waals surface area contributed by atoms with Crippen LogP contribution in [0, 0.1) is 0 Å². The largest absolute Gasteiger partial charge is 0.493 e. The molecule has 8 heteroatoms. The summed E-state index contributed by atoms with van der Waals surface area (Å²) in [6.45, 7) is 0.424. The van der Waals surface area contributed by atoms with Crippen LogP contribution in [0.15, 0.2) is 36.4 Å². The SMILES string of the molecule is COc1cc(NC(=O)NCC2(O)CCOc3ccccc32)cc(OC)c1OC. The van der Waals surface area contributed by atoms with Gasteiger partial charge in [-0.15, -0.1) is 0 Å². The minimum Gasteiger partial charge on any atom is -0.493 e. The third kappa shape index (κ3) is 3.91. The number of hydrogen-bond acceptors (Lipinski definition) is 6. The van der Waals surface area contributed by atoms with Crippen molar-refractivity contribution in [1.29, 1.82) is 0 Å². The highest BCUT2D eigenvalue weighted by Crippen LogP contribution is 2.40. The number of rotatable bonds is 6. The average Bonchev–Trinajstić information content (AvgIpc) is 2.72. The Morgan fingerprint density at radius 2 is 1.82 bits per heavy atom. The molecule has 150 valence electrons. The normalized spacial score (nSPS) is 17.7. The zero-order valence-electron chi connectivity index (χ0n) is 16.1. The summed E-state index contributed by atoms with van der Waals surface area (Å²) < 4.78 is 21.4. The van der Waals surface area contributed by atoms with Crippen LogP contribution < -0.4 is 29.6 Å². The first-order chi connectivity index (χ1) is 13.5. The van der Waals surface area contributed by atoms with Crippen molar-refractivity contribution in [1.82, 2.24) is 5.32 Å². The quantitative estimate of drug-likeness (QED) is 0.703. The van der Waals surface area contributed by atoms with Crippen molar-refractivity contribution in [3.8, 4) is 23.0 Å². The van der Waals surface area contributed by atoms with Gasteiger partial charge in [0.05, 0.1) is 40.2 Å². The Labute approximate surface area is 163 Å². The number of amides is 2. The van der Waals surface area contributed by atoms with Crippen LogP contribution in [-0.2, 0) is 5.60 Å². The molecule has 1 aliphatic heterocycles. The molecule has 3 rings (SSSR count). The van der Waals surface area contributed by atoms with E-state index in [1.165, 1.54) is 21.3 Å². The number of urea groups is 1. The number of benzene rings is 2. The predicted octanol–water partition coefficient (Wildman–Crippen LogP) is 2.50. The lowest BCUT2D eigenvalue weighted by Crippen LogP contribution is -2.45. The van der Waals surface area contributed by atoms with E-state index in [4.69, 9.17) is 18.9 Å². The molecule has 28 heavy (non-hydrogen) atoms. The Morgan fingerprint density at radius 1 is 1.14 bits per heavy atom. The van der Waals surface area contributed by atoms with Gasteiger partial charge in [-0.3, -0.25) is 0 Å². The van der Waals surface area contributed by atoms with Crippen molar-refractivity contribution in [3.05, 3.63) is 42.0 Å². The third-order valence-corrected chi connectivity index (χ3v) is 4.63. The van der Waals surface area contributed by atoms with Gasteiger partial charge in [0.2, 0.25) is 5.75 Å². The van der Waals surface area contributed by atoms with Gasteiger partial charge in [0.1, 0.15) is 11.4 Å². The number of para-hydroxylation sites is 1. The molecule has 0 radical (unpaired) electrons. The summed E-state index contributed by atoms with van der Waals surface area (Å²) in [5.74, 6) is 1.91. The fourth-order valence-corrected chi connectivity index (χ4v) is 3.18. The number of carbonyl (C=O) groups is 1. The molecular formula is C20H24N2O6. The summed E-state index contributed by atoms with van der Waals surface area (Å²) in [6, 6.07) is 10.1. The minimum absolute atomic E-state index is 0.0453. The molecule has 0 saturated carbocycles. The fourth-order valence-electron chi connectivity index (χ4n) is 3.18. The van der Waals surface area contributed by atoms with Crippen LogP contribution in [-0.4, -0.2) is 45.6 Å². The molecule has 0 bridgehead atoms. The second kappa shape index (κ2) is 8.26. The molecule has 1 atom stereocenters.